The van der Waals surface area contributed by atoms with Gasteiger partial charge in [-0.05, 0) is 12.6 Å². The summed E-state index contributed by atoms with van der Waals surface area (Å²) in [6, 6.07) is 0. The van der Waals surface area contributed by atoms with Crippen molar-refractivity contribution in [2.24, 2.45) is 0 Å². The summed E-state index contributed by atoms with van der Waals surface area (Å²) in [5.41, 5.74) is 0. The number of aliphatic hydroxyl groups is 1. The normalized spacial score (nSPS) is 7.50. The number of carboxylic acid groups (broad SMARTS) is 2. The first-order chi connectivity index (χ1) is 5.15. The molecule has 0 aliphatic rings. The molecule has 0 aliphatic carbocycles. The van der Waals surface area contributed by atoms with Crippen molar-refractivity contribution in [3.05, 3.63) is 0 Å². The van der Waals surface area contributed by atoms with Crippen molar-refractivity contribution in [3.8, 4) is 0 Å². The topological polar surface area (TPSA) is 83.4 Å². The molecule has 0 saturated heterocycles. The number of carbonyl (C=O) groups is 1. The zero-order valence-corrected chi connectivity index (χ0v) is 8.49. The molecule has 1 radical (unpaired) electrons. The second-order valence-electron chi connectivity index (χ2n) is 2.03. The van der Waals surface area contributed by atoms with Gasteiger partial charge < -0.3 is 20.1 Å². The maximum absolute atomic E-state index is 8.33. The van der Waals surface area contributed by atoms with E-state index in [1.807, 2.05) is 0 Å². The molecule has 0 bridgehead atoms. The number of hydrogen-bond acceptors (Lipinski definition) is 4. The summed E-state index contributed by atoms with van der Waals surface area (Å²) in [6.45, 7) is 2.53. The molecule has 0 aromatic rings. The average molecular weight is 270 g/mol. The molecule has 0 rings (SSSR count). The van der Waals surface area contributed by atoms with Crippen LogP contribution >= 0.6 is 0 Å². The Morgan fingerprint density at radius 1 is 1.25 bits per heavy atom. The van der Waals surface area contributed by atoms with Crippen molar-refractivity contribution < 1.29 is 42.5 Å². The van der Waals surface area contributed by atoms with Crippen LogP contribution in [0.3, 0.4) is 0 Å². The molecule has 0 heterocycles. The van der Waals surface area contributed by atoms with Crippen LogP contribution < -0.4 is 10.2 Å². The molecule has 1 N–H and O–H groups in total. The summed E-state index contributed by atoms with van der Waals surface area (Å²) >= 11 is 0. The van der Waals surface area contributed by atoms with E-state index in [0.29, 0.717) is 6.61 Å². The predicted molar refractivity (Wildman–Crippen MR) is 36.6 cm³/mol. The molecule has 0 aromatic carbocycles. The Labute approximate surface area is 88.1 Å². The fraction of sp³-hybridized carbons (Fsp3) is 0.857. The van der Waals surface area contributed by atoms with Gasteiger partial charge in [-0.3, -0.25) is 0 Å². The van der Waals surface area contributed by atoms with Crippen molar-refractivity contribution in [1.29, 1.82) is 0 Å². The maximum atomic E-state index is 8.33. The molecule has 4 nitrogen and oxygen atoms in total. The summed E-state index contributed by atoms with van der Waals surface area (Å²) in [6.07, 6.45) is 2.35. The van der Waals surface area contributed by atoms with Crippen LogP contribution in [-0.4, -0.2) is 17.9 Å². The van der Waals surface area contributed by atoms with E-state index in [9.17, 15) is 0 Å². The van der Waals surface area contributed by atoms with E-state index in [-0.39, 0.29) is 22.4 Å². The molecule has 0 atom stereocenters. The van der Waals surface area contributed by atoms with Gasteiger partial charge in [-0.2, -0.15) is 0 Å². The Hall–Kier alpha value is -0.0297. The smallest absolute Gasteiger partial charge is 0.652 e. The molecule has 0 aliphatic heterocycles. The first kappa shape index (κ1) is 17.9. The quantitative estimate of drug-likeness (QED) is 0.530. The first-order valence-electron chi connectivity index (χ1n) is 3.64. The van der Waals surface area contributed by atoms with Gasteiger partial charge in [0.2, 0.25) is 0 Å². The van der Waals surface area contributed by atoms with Crippen LogP contribution in [0.1, 0.15) is 32.6 Å². The molecular weight excluding hydrogens is 256 g/mol. The van der Waals surface area contributed by atoms with Crippen LogP contribution in [0.4, 0.5) is 4.79 Å². The van der Waals surface area contributed by atoms with Crippen LogP contribution in [-0.2, 0) is 22.4 Å². The zero-order chi connectivity index (χ0) is 9.11. The number of hydrogen-bond donors (Lipinski definition) is 1. The maximum Gasteiger partial charge on any atom is 2.00 e. The second-order valence-corrected chi connectivity index (χ2v) is 2.03. The van der Waals surface area contributed by atoms with E-state index < -0.39 is 6.16 Å². The van der Waals surface area contributed by atoms with Crippen LogP contribution in [0.5, 0.6) is 0 Å². The van der Waals surface area contributed by atoms with E-state index in [1.54, 1.807) is 0 Å². The van der Waals surface area contributed by atoms with Crippen molar-refractivity contribution >= 4 is 6.16 Å². The van der Waals surface area contributed by atoms with Gasteiger partial charge in [-0.25, -0.2) is 0 Å². The van der Waals surface area contributed by atoms with Gasteiger partial charge in [0.15, 0.2) is 0 Å². The third-order valence-electron chi connectivity index (χ3n) is 1.01. The van der Waals surface area contributed by atoms with E-state index >= 15 is 0 Å². The zero-order valence-electron chi connectivity index (χ0n) is 7.01. The number of rotatable bonds is 4. The summed E-state index contributed by atoms with van der Waals surface area (Å²) in [5.74, 6) is 0. The summed E-state index contributed by atoms with van der Waals surface area (Å²) in [7, 11) is 0. The van der Waals surface area contributed by atoms with Crippen LogP contribution in [0.2, 0.25) is 0 Å². The molecule has 0 aromatic heterocycles. The first-order valence-corrected chi connectivity index (χ1v) is 3.64. The van der Waals surface area contributed by atoms with E-state index in [4.69, 9.17) is 20.1 Å². The molecule has 0 fully saturated rings. The molecule has 12 heavy (non-hydrogen) atoms. The standard InChI is InChI=1S/C6H14O.CH2O3.Ag/c1-2-3-4-5-6-7;2-1(3)4;/h7H,2-6H2,1H3;(H2,2,3,4);/q;;+2/p-2. The van der Waals surface area contributed by atoms with Gasteiger partial charge in [0, 0.05) is 6.61 Å². The second kappa shape index (κ2) is 17.2. The van der Waals surface area contributed by atoms with Crippen molar-refractivity contribution in [2.45, 2.75) is 32.6 Å². The molecular formula is C7H14AgO4. The fourth-order valence-electron chi connectivity index (χ4n) is 0.539. The molecule has 77 valence electrons. The van der Waals surface area contributed by atoms with Crippen molar-refractivity contribution in [2.75, 3.05) is 6.61 Å². The average Bonchev–Trinajstić information content (AvgIpc) is 1.88. The van der Waals surface area contributed by atoms with Gasteiger partial charge >= 0.3 is 22.4 Å². The Balaban J connectivity index is -0.000000142. The van der Waals surface area contributed by atoms with Gasteiger partial charge in [0.05, 0.1) is 0 Å². The Kier molecular flexibility index (Phi) is 25.6. The Morgan fingerprint density at radius 2 is 1.67 bits per heavy atom. The molecule has 5 heteroatoms. The Morgan fingerprint density at radius 3 is 1.92 bits per heavy atom. The van der Waals surface area contributed by atoms with E-state index in [1.165, 1.54) is 19.3 Å². The van der Waals surface area contributed by atoms with Crippen LogP contribution in [0.25, 0.3) is 0 Å². The minimum atomic E-state index is -2.33. The monoisotopic (exact) mass is 269 g/mol. The van der Waals surface area contributed by atoms with Gasteiger partial charge in [-0.15, -0.1) is 0 Å². The molecule has 0 unspecified atom stereocenters. The van der Waals surface area contributed by atoms with Crippen molar-refractivity contribution in [3.63, 3.8) is 0 Å². The van der Waals surface area contributed by atoms with Crippen LogP contribution in [0, 0.1) is 0 Å². The van der Waals surface area contributed by atoms with Crippen molar-refractivity contribution in [1.82, 2.24) is 0 Å². The predicted octanol–water partition coefficient (Wildman–Crippen LogP) is -0.890. The molecule has 0 spiro atoms. The van der Waals surface area contributed by atoms with E-state index in [0.717, 1.165) is 6.42 Å². The molecule has 0 amide bonds. The minimum Gasteiger partial charge on any atom is -0.652 e. The summed E-state index contributed by atoms with van der Waals surface area (Å²) < 4.78 is 0. The van der Waals surface area contributed by atoms with Gasteiger partial charge in [-0.1, -0.05) is 26.2 Å². The molecule has 0 saturated carbocycles. The minimum absolute atomic E-state index is 0. The largest absolute Gasteiger partial charge is 2.00 e. The third-order valence-corrected chi connectivity index (χ3v) is 1.01. The summed E-state index contributed by atoms with van der Waals surface area (Å²) in [4.78, 5) is 8.33. The SMILES string of the molecule is CCCCCCO.O=C([O-])[O-].[Ag+2]. The number of aliphatic hydroxyl groups excluding tert-OH is 1. The van der Waals surface area contributed by atoms with E-state index in [2.05, 4.69) is 6.92 Å². The van der Waals surface area contributed by atoms with Gasteiger partial charge in [0.1, 0.15) is 0 Å². The van der Waals surface area contributed by atoms with Crippen LogP contribution in [0.15, 0.2) is 0 Å². The fourth-order valence-corrected chi connectivity index (χ4v) is 0.539. The van der Waals surface area contributed by atoms with Gasteiger partial charge in [0.25, 0.3) is 0 Å². The number of unbranched alkanes of at least 4 members (excludes halogenated alkanes) is 3. The third kappa shape index (κ3) is 50.9. The Bertz CT molecular complexity index is 79.5. The number of carbonyl (C=O) groups excluding carboxylic acids is 1. The summed E-state index contributed by atoms with van der Waals surface area (Å²) in [5, 5.41) is 25.0.